The number of aromatic nitrogens is 1. The van der Waals surface area contributed by atoms with Crippen LogP contribution >= 0.6 is 15.9 Å². The maximum absolute atomic E-state index is 5.66. The van der Waals surface area contributed by atoms with Crippen LogP contribution in [-0.4, -0.2) is 11.1 Å². The van der Waals surface area contributed by atoms with E-state index >= 15 is 0 Å². The Labute approximate surface area is 127 Å². The van der Waals surface area contributed by atoms with Crippen molar-refractivity contribution in [2.75, 3.05) is 0 Å². The summed E-state index contributed by atoms with van der Waals surface area (Å²) < 4.78 is 6.57. The number of halogens is 1. The van der Waals surface area contributed by atoms with Gasteiger partial charge in [0, 0.05) is 10.7 Å². The van der Waals surface area contributed by atoms with Crippen molar-refractivity contribution in [3.8, 4) is 5.75 Å². The number of nitrogens with one attached hydrogen (secondary N) is 1. The molecule has 0 aliphatic heterocycles. The van der Waals surface area contributed by atoms with E-state index in [9.17, 15) is 0 Å². The lowest BCUT2D eigenvalue weighted by molar-refractivity contribution is 0.242. The van der Waals surface area contributed by atoms with Crippen LogP contribution in [0.4, 0.5) is 0 Å². The molecule has 5 heteroatoms. The zero-order chi connectivity index (χ0) is 14.5. The Kier molecular flexibility index (Phi) is 5.11. The summed E-state index contributed by atoms with van der Waals surface area (Å²) in [5.41, 5.74) is 4.70. The molecule has 0 aliphatic carbocycles. The summed E-state index contributed by atoms with van der Waals surface area (Å²) in [4.78, 5) is 4.38. The maximum Gasteiger partial charge on any atom is 0.119 e. The standard InChI is InChI=1S/C15H18BrN3O/c1-10(2)20-13-6-3-11(4-7-13)15(19-17)14-8-5-12(16)9-18-14/h3-10,15,19H,17H2,1-2H3. The molecule has 0 saturated heterocycles. The lowest BCUT2D eigenvalue weighted by Crippen LogP contribution is -2.29. The van der Waals surface area contributed by atoms with E-state index in [1.54, 1.807) is 6.20 Å². The van der Waals surface area contributed by atoms with Crippen molar-refractivity contribution < 1.29 is 4.74 Å². The van der Waals surface area contributed by atoms with E-state index in [0.29, 0.717) is 0 Å². The smallest absolute Gasteiger partial charge is 0.119 e. The molecule has 0 bridgehead atoms. The Morgan fingerprint density at radius 3 is 2.35 bits per heavy atom. The first-order chi connectivity index (χ1) is 9.60. The molecule has 1 aromatic heterocycles. The number of hydrogen-bond acceptors (Lipinski definition) is 4. The number of benzene rings is 1. The minimum atomic E-state index is -0.142. The van der Waals surface area contributed by atoms with Crippen LogP contribution in [0.1, 0.15) is 31.1 Å². The number of nitrogens with two attached hydrogens (primary N) is 1. The van der Waals surface area contributed by atoms with Crippen LogP contribution in [0.2, 0.25) is 0 Å². The van der Waals surface area contributed by atoms with Crippen LogP contribution in [0.3, 0.4) is 0 Å². The molecule has 106 valence electrons. The lowest BCUT2D eigenvalue weighted by atomic mass is 10.0. The van der Waals surface area contributed by atoms with Gasteiger partial charge in [-0.1, -0.05) is 12.1 Å². The van der Waals surface area contributed by atoms with Gasteiger partial charge in [0.25, 0.3) is 0 Å². The van der Waals surface area contributed by atoms with Gasteiger partial charge in [0.15, 0.2) is 0 Å². The Morgan fingerprint density at radius 2 is 1.85 bits per heavy atom. The van der Waals surface area contributed by atoms with Crippen LogP contribution in [0.15, 0.2) is 47.1 Å². The van der Waals surface area contributed by atoms with Gasteiger partial charge >= 0.3 is 0 Å². The first-order valence-corrected chi connectivity index (χ1v) is 7.23. The highest BCUT2D eigenvalue weighted by atomic mass is 79.9. The second-order valence-electron chi connectivity index (χ2n) is 4.74. The Morgan fingerprint density at radius 1 is 1.15 bits per heavy atom. The Hall–Kier alpha value is -1.43. The quantitative estimate of drug-likeness (QED) is 0.650. The molecule has 4 nitrogen and oxygen atoms in total. The summed E-state index contributed by atoms with van der Waals surface area (Å²) in [6, 6.07) is 11.6. The van der Waals surface area contributed by atoms with E-state index < -0.39 is 0 Å². The van der Waals surface area contributed by atoms with Crippen molar-refractivity contribution >= 4 is 15.9 Å². The fourth-order valence-corrected chi connectivity index (χ4v) is 2.16. The van der Waals surface area contributed by atoms with Gasteiger partial charge in [-0.25, -0.2) is 5.43 Å². The zero-order valence-electron chi connectivity index (χ0n) is 11.5. The first-order valence-electron chi connectivity index (χ1n) is 6.44. The van der Waals surface area contributed by atoms with Crippen LogP contribution in [-0.2, 0) is 0 Å². The van der Waals surface area contributed by atoms with Gasteiger partial charge in [-0.05, 0) is 59.6 Å². The average molecular weight is 336 g/mol. The van der Waals surface area contributed by atoms with Crippen LogP contribution in [0, 0.1) is 0 Å². The molecule has 2 aromatic rings. The number of rotatable bonds is 5. The summed E-state index contributed by atoms with van der Waals surface area (Å²) in [6.07, 6.45) is 1.92. The monoisotopic (exact) mass is 335 g/mol. The van der Waals surface area contributed by atoms with E-state index in [1.807, 2.05) is 50.2 Å². The van der Waals surface area contributed by atoms with Gasteiger partial charge in [-0.2, -0.15) is 0 Å². The first kappa shape index (κ1) is 15.0. The predicted octanol–water partition coefficient (Wildman–Crippen LogP) is 3.18. The maximum atomic E-state index is 5.66. The molecule has 0 fully saturated rings. The molecule has 1 unspecified atom stereocenters. The normalized spacial score (nSPS) is 12.4. The molecule has 0 saturated carbocycles. The fraction of sp³-hybridized carbons (Fsp3) is 0.267. The second-order valence-corrected chi connectivity index (χ2v) is 5.65. The molecule has 0 aliphatic rings. The minimum Gasteiger partial charge on any atom is -0.491 e. The summed E-state index contributed by atoms with van der Waals surface area (Å²) in [5, 5.41) is 0. The molecule has 0 spiro atoms. The third kappa shape index (κ3) is 3.79. The van der Waals surface area contributed by atoms with Gasteiger partial charge in [0.1, 0.15) is 5.75 Å². The average Bonchev–Trinajstić information content (AvgIpc) is 2.43. The highest BCUT2D eigenvalue weighted by Gasteiger charge is 2.13. The highest BCUT2D eigenvalue weighted by molar-refractivity contribution is 9.10. The molecule has 1 aromatic carbocycles. The molecule has 3 N–H and O–H groups in total. The summed E-state index contributed by atoms with van der Waals surface area (Å²) >= 11 is 3.37. The zero-order valence-corrected chi connectivity index (χ0v) is 13.1. The number of hydrogen-bond donors (Lipinski definition) is 2. The second kappa shape index (κ2) is 6.83. The third-order valence-corrected chi connectivity index (χ3v) is 3.27. The molecular formula is C15H18BrN3O. The molecule has 0 radical (unpaired) electrons. The third-order valence-electron chi connectivity index (χ3n) is 2.80. The van der Waals surface area contributed by atoms with Crippen LogP contribution in [0.5, 0.6) is 5.75 Å². The molecule has 20 heavy (non-hydrogen) atoms. The SMILES string of the molecule is CC(C)Oc1ccc(C(NN)c2ccc(Br)cn2)cc1. The molecule has 0 amide bonds. The van der Waals surface area contributed by atoms with Crippen molar-refractivity contribution in [1.82, 2.24) is 10.4 Å². The largest absolute Gasteiger partial charge is 0.491 e. The topological polar surface area (TPSA) is 60.2 Å². The summed E-state index contributed by atoms with van der Waals surface area (Å²) in [5.74, 6) is 6.51. The van der Waals surface area contributed by atoms with Crippen molar-refractivity contribution in [3.63, 3.8) is 0 Å². The summed E-state index contributed by atoms with van der Waals surface area (Å²) in [6.45, 7) is 4.01. The van der Waals surface area contributed by atoms with Crippen LogP contribution < -0.4 is 16.0 Å². The number of nitrogens with zero attached hydrogens (tertiary/aromatic N) is 1. The Balaban J connectivity index is 2.21. The van der Waals surface area contributed by atoms with E-state index in [0.717, 1.165) is 21.5 Å². The minimum absolute atomic E-state index is 0.142. The van der Waals surface area contributed by atoms with Gasteiger partial charge in [0.2, 0.25) is 0 Å². The molecule has 1 atom stereocenters. The molecular weight excluding hydrogens is 318 g/mol. The van der Waals surface area contributed by atoms with E-state index in [-0.39, 0.29) is 12.1 Å². The number of ether oxygens (including phenoxy) is 1. The van der Waals surface area contributed by atoms with Gasteiger partial charge in [0.05, 0.1) is 17.8 Å². The fourth-order valence-electron chi connectivity index (χ4n) is 1.92. The van der Waals surface area contributed by atoms with Gasteiger partial charge in [-0.15, -0.1) is 0 Å². The van der Waals surface area contributed by atoms with E-state index in [4.69, 9.17) is 10.6 Å². The van der Waals surface area contributed by atoms with Crippen molar-refractivity contribution in [2.45, 2.75) is 26.0 Å². The van der Waals surface area contributed by atoms with Gasteiger partial charge in [-0.3, -0.25) is 10.8 Å². The van der Waals surface area contributed by atoms with Crippen LogP contribution in [0.25, 0.3) is 0 Å². The molecule has 2 rings (SSSR count). The highest BCUT2D eigenvalue weighted by Crippen LogP contribution is 2.23. The van der Waals surface area contributed by atoms with Crippen molar-refractivity contribution in [3.05, 3.63) is 58.3 Å². The Bertz CT molecular complexity index is 540. The van der Waals surface area contributed by atoms with Gasteiger partial charge < -0.3 is 4.74 Å². The molecule has 1 heterocycles. The van der Waals surface area contributed by atoms with E-state index in [2.05, 4.69) is 26.3 Å². The lowest BCUT2D eigenvalue weighted by Gasteiger charge is -2.17. The van der Waals surface area contributed by atoms with Crippen molar-refractivity contribution in [2.24, 2.45) is 5.84 Å². The van der Waals surface area contributed by atoms with Crippen molar-refractivity contribution in [1.29, 1.82) is 0 Å². The predicted molar refractivity (Wildman–Crippen MR) is 83.3 cm³/mol. The summed E-state index contributed by atoms with van der Waals surface area (Å²) in [7, 11) is 0. The van der Waals surface area contributed by atoms with E-state index in [1.165, 1.54) is 0 Å². The number of hydrazine groups is 1. The number of pyridine rings is 1.